The van der Waals surface area contributed by atoms with E-state index in [-0.39, 0.29) is 11.0 Å². The van der Waals surface area contributed by atoms with Crippen molar-refractivity contribution < 1.29 is 4.79 Å². The van der Waals surface area contributed by atoms with E-state index in [1.807, 2.05) is 30.5 Å². The van der Waals surface area contributed by atoms with Crippen LogP contribution in [0.1, 0.15) is 12.5 Å². The Bertz CT molecular complexity index is 666. The number of aromatic nitrogens is 1. The van der Waals surface area contributed by atoms with Crippen LogP contribution in [0, 0.1) is 6.92 Å². The van der Waals surface area contributed by atoms with Gasteiger partial charge in [-0.15, -0.1) is 11.3 Å². The lowest BCUT2D eigenvalue weighted by molar-refractivity contribution is -0.114. The molecule has 2 aromatic rings. The zero-order valence-corrected chi connectivity index (χ0v) is 12.7. The van der Waals surface area contributed by atoms with Gasteiger partial charge in [-0.1, -0.05) is 12.1 Å². The van der Waals surface area contributed by atoms with Crippen LogP contribution in [0.15, 0.2) is 23.6 Å². The van der Waals surface area contributed by atoms with Crippen molar-refractivity contribution in [2.45, 2.75) is 13.8 Å². The molecule has 0 spiro atoms. The first kappa shape index (κ1) is 14.4. The van der Waals surface area contributed by atoms with Crippen molar-refractivity contribution in [2.75, 3.05) is 10.6 Å². The average molecular weight is 306 g/mol. The van der Waals surface area contributed by atoms with E-state index in [0.29, 0.717) is 5.13 Å². The molecule has 0 aliphatic heterocycles. The van der Waals surface area contributed by atoms with E-state index in [1.54, 1.807) is 0 Å². The van der Waals surface area contributed by atoms with Gasteiger partial charge in [0.25, 0.3) is 0 Å². The number of benzene rings is 1. The van der Waals surface area contributed by atoms with Crippen LogP contribution in [0.3, 0.4) is 0 Å². The van der Waals surface area contributed by atoms with Gasteiger partial charge >= 0.3 is 0 Å². The van der Waals surface area contributed by atoms with Gasteiger partial charge in [0.2, 0.25) is 5.91 Å². The monoisotopic (exact) mass is 306 g/mol. The standard InChI is InChI=1S/C13H14N4OS2/c1-7-4-3-5-9(15-8(2)18)11(7)10-6-20-13(16-10)17-12(14)19/h3-6H,1-2H3,(H,15,18)(H3,14,16,17,19). The molecule has 0 fully saturated rings. The Kier molecular flexibility index (Phi) is 4.31. The SMILES string of the molecule is CC(=O)Nc1cccc(C)c1-c1csc(NC(N)=S)n1. The van der Waals surface area contributed by atoms with Crippen molar-refractivity contribution in [2.24, 2.45) is 5.73 Å². The number of thiazole rings is 1. The normalized spacial score (nSPS) is 10.1. The summed E-state index contributed by atoms with van der Waals surface area (Å²) in [5.74, 6) is -0.117. The van der Waals surface area contributed by atoms with Gasteiger partial charge in [0, 0.05) is 17.9 Å². The van der Waals surface area contributed by atoms with E-state index in [4.69, 9.17) is 18.0 Å². The molecule has 0 aliphatic carbocycles. The molecule has 1 aromatic carbocycles. The van der Waals surface area contributed by atoms with Gasteiger partial charge in [0.15, 0.2) is 10.2 Å². The summed E-state index contributed by atoms with van der Waals surface area (Å²) < 4.78 is 0. The summed E-state index contributed by atoms with van der Waals surface area (Å²) in [4.78, 5) is 15.7. The highest BCUT2D eigenvalue weighted by atomic mass is 32.1. The summed E-state index contributed by atoms with van der Waals surface area (Å²) in [5, 5.41) is 8.33. The van der Waals surface area contributed by atoms with E-state index >= 15 is 0 Å². The summed E-state index contributed by atoms with van der Waals surface area (Å²) in [6, 6.07) is 5.72. The van der Waals surface area contributed by atoms with Crippen molar-refractivity contribution >= 4 is 45.4 Å². The molecule has 20 heavy (non-hydrogen) atoms. The van der Waals surface area contributed by atoms with E-state index in [9.17, 15) is 4.79 Å². The van der Waals surface area contributed by atoms with E-state index in [1.165, 1.54) is 18.3 Å². The van der Waals surface area contributed by atoms with Crippen LogP contribution in [0.2, 0.25) is 0 Å². The minimum Gasteiger partial charge on any atom is -0.376 e. The topological polar surface area (TPSA) is 80.0 Å². The molecule has 1 heterocycles. The quantitative estimate of drug-likeness (QED) is 0.760. The van der Waals surface area contributed by atoms with Crippen molar-refractivity contribution in [1.29, 1.82) is 0 Å². The van der Waals surface area contributed by atoms with Gasteiger partial charge in [-0.3, -0.25) is 4.79 Å². The van der Waals surface area contributed by atoms with Gasteiger partial charge < -0.3 is 16.4 Å². The molecule has 0 saturated heterocycles. The van der Waals surface area contributed by atoms with Crippen LogP contribution >= 0.6 is 23.6 Å². The summed E-state index contributed by atoms with van der Waals surface area (Å²) >= 11 is 6.20. The summed E-state index contributed by atoms with van der Waals surface area (Å²) in [6.45, 7) is 3.45. The number of nitrogens with two attached hydrogens (primary N) is 1. The van der Waals surface area contributed by atoms with E-state index in [0.717, 1.165) is 22.5 Å². The van der Waals surface area contributed by atoms with Crippen LogP contribution in [-0.2, 0) is 4.79 Å². The second-order valence-electron chi connectivity index (χ2n) is 4.21. The highest BCUT2D eigenvalue weighted by molar-refractivity contribution is 7.80. The lowest BCUT2D eigenvalue weighted by Gasteiger charge is -2.10. The molecule has 0 bridgehead atoms. The molecule has 1 aromatic heterocycles. The third-order valence-electron chi connectivity index (χ3n) is 2.57. The maximum Gasteiger partial charge on any atom is 0.221 e. The van der Waals surface area contributed by atoms with Crippen LogP contribution < -0.4 is 16.4 Å². The van der Waals surface area contributed by atoms with Gasteiger partial charge in [0.1, 0.15) is 0 Å². The fraction of sp³-hybridized carbons (Fsp3) is 0.154. The maximum atomic E-state index is 11.3. The van der Waals surface area contributed by atoms with Crippen LogP contribution in [0.5, 0.6) is 0 Å². The van der Waals surface area contributed by atoms with Crippen LogP contribution in [0.4, 0.5) is 10.8 Å². The largest absolute Gasteiger partial charge is 0.376 e. The number of nitrogens with zero attached hydrogens (tertiary/aromatic N) is 1. The zero-order chi connectivity index (χ0) is 14.7. The predicted molar refractivity (Wildman–Crippen MR) is 87.0 cm³/mol. The first-order valence-electron chi connectivity index (χ1n) is 5.87. The molecule has 0 saturated carbocycles. The Morgan fingerprint density at radius 2 is 2.15 bits per heavy atom. The number of anilines is 2. The fourth-order valence-corrected chi connectivity index (χ4v) is 2.73. The third-order valence-corrected chi connectivity index (χ3v) is 3.43. The molecule has 0 atom stereocenters. The highest BCUT2D eigenvalue weighted by Crippen LogP contribution is 2.33. The first-order valence-corrected chi connectivity index (χ1v) is 7.15. The van der Waals surface area contributed by atoms with Crippen LogP contribution in [-0.4, -0.2) is 16.0 Å². The minimum atomic E-state index is -0.117. The second kappa shape index (κ2) is 5.98. The summed E-state index contributed by atoms with van der Waals surface area (Å²) in [5.41, 5.74) is 8.87. The average Bonchev–Trinajstić information content (AvgIpc) is 2.75. The van der Waals surface area contributed by atoms with E-state index in [2.05, 4.69) is 15.6 Å². The Labute approximate surface area is 126 Å². The molecular weight excluding hydrogens is 292 g/mol. The molecule has 4 N–H and O–H groups in total. The second-order valence-corrected chi connectivity index (χ2v) is 5.50. The fourth-order valence-electron chi connectivity index (χ4n) is 1.85. The van der Waals surface area contributed by atoms with Crippen LogP contribution in [0.25, 0.3) is 11.3 Å². The number of aryl methyl sites for hydroxylation is 1. The van der Waals surface area contributed by atoms with Crippen molar-refractivity contribution in [3.05, 3.63) is 29.1 Å². The summed E-state index contributed by atoms with van der Waals surface area (Å²) in [7, 11) is 0. The Balaban J connectivity index is 2.43. The van der Waals surface area contributed by atoms with Gasteiger partial charge in [-0.05, 0) is 30.8 Å². The molecule has 0 unspecified atom stereocenters. The smallest absolute Gasteiger partial charge is 0.221 e. The first-order chi connectivity index (χ1) is 9.47. The number of hydrogen-bond acceptors (Lipinski definition) is 4. The maximum absolute atomic E-state index is 11.3. The Hall–Kier alpha value is -1.99. The number of thiocarbonyl (C=S) groups is 1. The number of carbonyl (C=O) groups excluding carboxylic acids is 1. The molecule has 7 heteroatoms. The molecule has 2 rings (SSSR count). The summed E-state index contributed by atoms with van der Waals surface area (Å²) in [6.07, 6.45) is 0. The van der Waals surface area contributed by atoms with Crippen molar-refractivity contribution in [1.82, 2.24) is 4.98 Å². The van der Waals surface area contributed by atoms with E-state index < -0.39 is 0 Å². The zero-order valence-electron chi connectivity index (χ0n) is 11.1. The lowest BCUT2D eigenvalue weighted by Crippen LogP contribution is -2.18. The number of hydrogen-bond donors (Lipinski definition) is 3. The van der Waals surface area contributed by atoms with Crippen molar-refractivity contribution in [3.8, 4) is 11.3 Å². The lowest BCUT2D eigenvalue weighted by atomic mass is 10.0. The number of amides is 1. The van der Waals surface area contributed by atoms with Gasteiger partial charge in [-0.25, -0.2) is 4.98 Å². The Morgan fingerprint density at radius 3 is 2.80 bits per heavy atom. The highest BCUT2D eigenvalue weighted by Gasteiger charge is 2.13. The third kappa shape index (κ3) is 3.31. The molecule has 0 radical (unpaired) electrons. The molecule has 1 amide bonds. The van der Waals surface area contributed by atoms with Crippen molar-refractivity contribution in [3.63, 3.8) is 0 Å². The Morgan fingerprint density at radius 1 is 1.40 bits per heavy atom. The molecule has 5 nitrogen and oxygen atoms in total. The number of carbonyl (C=O) groups is 1. The number of nitrogens with one attached hydrogen (secondary N) is 2. The molecule has 0 aliphatic rings. The van der Waals surface area contributed by atoms with Gasteiger partial charge in [-0.2, -0.15) is 0 Å². The van der Waals surface area contributed by atoms with Gasteiger partial charge in [0.05, 0.1) is 11.4 Å². The predicted octanol–water partition coefficient (Wildman–Crippen LogP) is 2.73. The molecular formula is C13H14N4OS2. The number of rotatable bonds is 3. The molecule has 104 valence electrons. The minimum absolute atomic E-state index is 0.117.